The smallest absolute Gasteiger partial charge is 0.431 e. The molecule has 0 saturated carbocycles. The Morgan fingerprint density at radius 1 is 0.862 bits per heavy atom. The summed E-state index contributed by atoms with van der Waals surface area (Å²) in [6.45, 7) is 4.31. The van der Waals surface area contributed by atoms with E-state index in [0.29, 0.717) is 0 Å². The molecule has 0 aromatic heterocycles. The predicted molar refractivity (Wildman–Crippen MR) is 115 cm³/mol. The molecule has 0 aliphatic heterocycles. The van der Waals surface area contributed by atoms with E-state index in [1.807, 2.05) is 0 Å². The van der Waals surface area contributed by atoms with Crippen LogP contribution in [0.1, 0.15) is 97.3 Å². The lowest BCUT2D eigenvalue weighted by Crippen LogP contribution is -2.21. The Balaban J connectivity index is 2.21. The van der Waals surface area contributed by atoms with Gasteiger partial charge in [-0.2, -0.15) is 0 Å². The number of hydrogen-bond donors (Lipinski definition) is 0. The molecule has 0 spiro atoms. The highest BCUT2D eigenvalue weighted by molar-refractivity contribution is 5.64. The maximum Gasteiger partial charge on any atom is 0.514 e. The van der Waals surface area contributed by atoms with Crippen molar-refractivity contribution in [2.45, 2.75) is 103 Å². The number of hydrogen-bond acceptors (Lipinski definition) is 5. The Kier molecular flexibility index (Phi) is 13.6. The molecule has 1 atom stereocenters. The summed E-state index contributed by atoms with van der Waals surface area (Å²) in [5.41, 5.74) is -0.0458. The number of unbranched alkanes of at least 4 members (excludes halogenated alkanes) is 9. The van der Waals surface area contributed by atoms with E-state index in [4.69, 9.17) is 9.47 Å². The summed E-state index contributed by atoms with van der Waals surface area (Å²) >= 11 is 0. The van der Waals surface area contributed by atoms with Gasteiger partial charge in [-0.15, -0.1) is 0 Å². The average molecular weight is 408 g/mol. The largest absolute Gasteiger partial charge is 0.514 e. The fourth-order valence-electron chi connectivity index (χ4n) is 3.34. The van der Waals surface area contributed by atoms with Gasteiger partial charge in [0.2, 0.25) is 0 Å². The standard InChI is InChI=1S/C23H37NO5/c1-3-5-6-7-8-9-10-11-12-13-15-21(14-4-2)28-23(25)29-22-18-16-20(17-19-22)24(26)27/h16-19,21H,3-15H2,1-2H3. The van der Waals surface area contributed by atoms with Crippen molar-refractivity contribution in [2.75, 3.05) is 0 Å². The van der Waals surface area contributed by atoms with Gasteiger partial charge in [0.15, 0.2) is 0 Å². The molecule has 164 valence electrons. The Hall–Kier alpha value is -2.11. The Morgan fingerprint density at radius 2 is 1.41 bits per heavy atom. The molecule has 0 radical (unpaired) electrons. The second-order valence-electron chi connectivity index (χ2n) is 7.60. The van der Waals surface area contributed by atoms with Crippen LogP contribution in [0, 0.1) is 10.1 Å². The topological polar surface area (TPSA) is 78.7 Å². The van der Waals surface area contributed by atoms with Gasteiger partial charge in [-0.05, 0) is 31.4 Å². The quantitative estimate of drug-likeness (QED) is 0.0927. The Morgan fingerprint density at radius 3 is 1.93 bits per heavy atom. The molecule has 1 unspecified atom stereocenters. The van der Waals surface area contributed by atoms with E-state index in [9.17, 15) is 14.9 Å². The zero-order chi connectivity index (χ0) is 21.3. The lowest BCUT2D eigenvalue weighted by molar-refractivity contribution is -0.384. The number of nitro benzene ring substituents is 1. The van der Waals surface area contributed by atoms with Crippen molar-refractivity contribution in [1.29, 1.82) is 0 Å². The van der Waals surface area contributed by atoms with Gasteiger partial charge in [-0.25, -0.2) is 4.79 Å². The van der Waals surface area contributed by atoms with Crippen molar-refractivity contribution in [3.8, 4) is 5.75 Å². The molecule has 0 aliphatic carbocycles. The number of ether oxygens (including phenoxy) is 2. The second-order valence-corrected chi connectivity index (χ2v) is 7.60. The molecule has 29 heavy (non-hydrogen) atoms. The average Bonchev–Trinajstić information content (AvgIpc) is 2.69. The lowest BCUT2D eigenvalue weighted by atomic mass is 10.0. The molecule has 0 bridgehead atoms. The number of non-ortho nitro benzene ring substituents is 1. The molecule has 0 fully saturated rings. The third kappa shape index (κ3) is 12.1. The van der Waals surface area contributed by atoms with Crippen LogP contribution in [0.25, 0.3) is 0 Å². The highest BCUT2D eigenvalue weighted by Crippen LogP contribution is 2.19. The number of nitro groups is 1. The molecule has 0 amide bonds. The van der Waals surface area contributed by atoms with Crippen LogP contribution >= 0.6 is 0 Å². The van der Waals surface area contributed by atoms with E-state index in [0.717, 1.165) is 32.1 Å². The van der Waals surface area contributed by atoms with Gasteiger partial charge >= 0.3 is 6.16 Å². The highest BCUT2D eigenvalue weighted by atomic mass is 16.7. The highest BCUT2D eigenvalue weighted by Gasteiger charge is 2.16. The summed E-state index contributed by atoms with van der Waals surface area (Å²) in [7, 11) is 0. The first-order chi connectivity index (χ1) is 14.1. The molecule has 0 saturated heterocycles. The first-order valence-electron chi connectivity index (χ1n) is 11.2. The molecule has 0 aliphatic rings. The van der Waals surface area contributed by atoms with Crippen molar-refractivity contribution in [3.05, 3.63) is 34.4 Å². The minimum absolute atomic E-state index is 0.0458. The summed E-state index contributed by atoms with van der Waals surface area (Å²) in [6, 6.07) is 5.40. The number of nitrogens with zero attached hydrogens (tertiary/aromatic N) is 1. The second kappa shape index (κ2) is 15.8. The van der Waals surface area contributed by atoms with E-state index in [1.54, 1.807) is 0 Å². The maximum atomic E-state index is 12.0. The maximum absolute atomic E-state index is 12.0. The SMILES string of the molecule is CCCCCCCCCCCCC(CCC)OC(=O)Oc1ccc([N+](=O)[O-])cc1. The van der Waals surface area contributed by atoms with E-state index < -0.39 is 11.1 Å². The van der Waals surface area contributed by atoms with Crippen LogP contribution in [0.3, 0.4) is 0 Å². The van der Waals surface area contributed by atoms with Crippen molar-refractivity contribution < 1.29 is 19.2 Å². The molecule has 6 nitrogen and oxygen atoms in total. The monoisotopic (exact) mass is 407 g/mol. The molecular weight excluding hydrogens is 370 g/mol. The Labute approximate surface area is 175 Å². The van der Waals surface area contributed by atoms with Gasteiger partial charge in [0.1, 0.15) is 11.9 Å². The summed E-state index contributed by atoms with van der Waals surface area (Å²) in [6.07, 6.45) is 14.5. The van der Waals surface area contributed by atoms with E-state index in [2.05, 4.69) is 13.8 Å². The van der Waals surface area contributed by atoms with Crippen LogP contribution in [0.15, 0.2) is 24.3 Å². The number of carbonyl (C=O) groups excluding carboxylic acids is 1. The summed E-state index contributed by atoms with van der Waals surface area (Å²) < 4.78 is 10.6. The van der Waals surface area contributed by atoms with E-state index in [1.165, 1.54) is 75.6 Å². The lowest BCUT2D eigenvalue weighted by Gasteiger charge is -2.17. The first-order valence-corrected chi connectivity index (χ1v) is 11.2. The van der Waals surface area contributed by atoms with Gasteiger partial charge in [0.25, 0.3) is 5.69 Å². The molecule has 0 heterocycles. The third-order valence-corrected chi connectivity index (χ3v) is 5.00. The normalized spacial score (nSPS) is 11.8. The Bertz CT molecular complexity index is 573. The molecule has 1 aromatic carbocycles. The van der Waals surface area contributed by atoms with Gasteiger partial charge in [0.05, 0.1) is 4.92 Å². The van der Waals surface area contributed by atoms with Crippen LogP contribution in [0.5, 0.6) is 5.75 Å². The number of benzene rings is 1. The van der Waals surface area contributed by atoms with Gasteiger partial charge in [0, 0.05) is 12.1 Å². The zero-order valence-corrected chi connectivity index (χ0v) is 18.1. The van der Waals surface area contributed by atoms with Crippen LogP contribution in [-0.2, 0) is 4.74 Å². The first kappa shape index (κ1) is 24.9. The summed E-state index contributed by atoms with van der Waals surface area (Å²) in [4.78, 5) is 22.2. The van der Waals surface area contributed by atoms with Crippen LogP contribution in [-0.4, -0.2) is 17.2 Å². The van der Waals surface area contributed by atoms with Gasteiger partial charge in [-0.3, -0.25) is 10.1 Å². The van der Waals surface area contributed by atoms with E-state index >= 15 is 0 Å². The minimum Gasteiger partial charge on any atom is -0.431 e. The molecule has 1 aromatic rings. The fraction of sp³-hybridized carbons (Fsp3) is 0.696. The zero-order valence-electron chi connectivity index (χ0n) is 18.1. The molecule has 6 heteroatoms. The fourth-order valence-corrected chi connectivity index (χ4v) is 3.34. The van der Waals surface area contributed by atoms with Crippen molar-refractivity contribution in [3.63, 3.8) is 0 Å². The van der Waals surface area contributed by atoms with Crippen LogP contribution < -0.4 is 4.74 Å². The van der Waals surface area contributed by atoms with Crippen molar-refractivity contribution >= 4 is 11.8 Å². The number of carbonyl (C=O) groups is 1. The van der Waals surface area contributed by atoms with Gasteiger partial charge in [-0.1, -0.05) is 78.1 Å². The third-order valence-electron chi connectivity index (χ3n) is 5.00. The summed E-state index contributed by atoms with van der Waals surface area (Å²) in [5, 5.41) is 10.7. The molecule has 1 rings (SSSR count). The van der Waals surface area contributed by atoms with Crippen molar-refractivity contribution in [2.24, 2.45) is 0 Å². The van der Waals surface area contributed by atoms with Crippen molar-refractivity contribution in [1.82, 2.24) is 0 Å². The molecule has 0 N–H and O–H groups in total. The van der Waals surface area contributed by atoms with Crippen LogP contribution in [0.4, 0.5) is 10.5 Å². The minimum atomic E-state index is -0.746. The number of rotatable bonds is 16. The molecular formula is C23H37NO5. The van der Waals surface area contributed by atoms with Crippen LogP contribution in [0.2, 0.25) is 0 Å². The van der Waals surface area contributed by atoms with Gasteiger partial charge < -0.3 is 9.47 Å². The summed E-state index contributed by atoms with van der Waals surface area (Å²) in [5.74, 6) is 0.245. The predicted octanol–water partition coefficient (Wildman–Crippen LogP) is 7.59. The van der Waals surface area contributed by atoms with E-state index in [-0.39, 0.29) is 17.5 Å².